The van der Waals surface area contributed by atoms with E-state index in [9.17, 15) is 5.53 Å². The van der Waals surface area contributed by atoms with Gasteiger partial charge in [-0.3, -0.25) is 0 Å². The van der Waals surface area contributed by atoms with Crippen molar-refractivity contribution in [3.05, 3.63) is 101 Å². The molecule has 0 saturated heterocycles. The number of nitrogens with zero attached hydrogens (tertiary/aromatic N) is 2. The van der Waals surface area contributed by atoms with Crippen LogP contribution in [0, 0.1) is 13.8 Å². The summed E-state index contributed by atoms with van der Waals surface area (Å²) >= 11 is 0. The average Bonchev–Trinajstić information content (AvgIpc) is 3.45. The Balaban J connectivity index is 0.00000152. The fourth-order valence-electron chi connectivity index (χ4n) is 7.03. The maximum atomic E-state index is 11.9. The Morgan fingerprint density at radius 3 is 1.09 bits per heavy atom. The van der Waals surface area contributed by atoms with Crippen LogP contribution in [0.15, 0.2) is 59.7 Å². The third kappa shape index (κ3) is 21.0. The van der Waals surface area contributed by atoms with Crippen molar-refractivity contribution < 1.29 is 21.2 Å². The molecule has 1 heterocycles. The van der Waals surface area contributed by atoms with E-state index in [1.165, 1.54) is 151 Å². The molecular weight excluding hydrogens is 687 g/mol. The van der Waals surface area contributed by atoms with Gasteiger partial charge in [0.2, 0.25) is 11.4 Å². The maximum absolute atomic E-state index is 11.9. The Morgan fingerprint density at radius 2 is 0.774 bits per heavy atom. The summed E-state index contributed by atoms with van der Waals surface area (Å²) in [5.74, 6) is 0. The van der Waals surface area contributed by atoms with Crippen molar-refractivity contribution in [1.82, 2.24) is 0 Å². The van der Waals surface area contributed by atoms with Gasteiger partial charge in [-0.1, -0.05) is 181 Å². The van der Waals surface area contributed by atoms with Crippen molar-refractivity contribution in [3.63, 3.8) is 0 Å². The predicted molar refractivity (Wildman–Crippen MR) is 233 cm³/mol. The predicted octanol–water partition coefficient (Wildman–Crippen LogP) is 17.1. The van der Waals surface area contributed by atoms with Crippen molar-refractivity contribution in [2.24, 2.45) is 0 Å². The van der Waals surface area contributed by atoms with Gasteiger partial charge in [0.15, 0.2) is 0 Å². The number of hydrogen-bond acceptors (Lipinski definition) is 0. The van der Waals surface area contributed by atoms with Crippen molar-refractivity contribution in [3.8, 4) is 0 Å². The van der Waals surface area contributed by atoms with Crippen LogP contribution in [0.2, 0.25) is 0 Å². The molecule has 0 amide bonds. The van der Waals surface area contributed by atoms with Gasteiger partial charge in [-0.2, -0.15) is 12.8 Å². The van der Waals surface area contributed by atoms with Gasteiger partial charge >= 0.3 is 16.5 Å². The summed E-state index contributed by atoms with van der Waals surface area (Å²) in [4.78, 5) is 0. The molecule has 53 heavy (non-hydrogen) atoms. The molecule has 2 nitrogen and oxygen atoms in total. The normalized spacial score (nSPS) is 12.3. The van der Waals surface area contributed by atoms with Gasteiger partial charge in [-0.15, -0.1) is 0 Å². The molecular formula is C50H82N2Ni. The maximum Gasteiger partial charge on any atom is 2.00 e. The third-order valence-electron chi connectivity index (χ3n) is 10.3. The summed E-state index contributed by atoms with van der Waals surface area (Å²) in [6.45, 7) is 20.9. The van der Waals surface area contributed by atoms with Crippen LogP contribution in [0.3, 0.4) is 0 Å². The number of rotatable bonds is 26. The zero-order valence-electron chi connectivity index (χ0n) is 35.6. The topological polar surface area (TPSA) is 25.3 Å². The molecule has 0 bridgehead atoms. The minimum Gasteiger partial charge on any atom is -0.493 e. The van der Waals surface area contributed by atoms with E-state index < -0.39 is 0 Å². The molecule has 3 heteroatoms. The Morgan fingerprint density at radius 1 is 0.453 bits per heavy atom. The van der Waals surface area contributed by atoms with Crippen LogP contribution >= 0.6 is 0 Å². The van der Waals surface area contributed by atoms with E-state index in [2.05, 4.69) is 104 Å². The fourth-order valence-corrected chi connectivity index (χ4v) is 7.03. The van der Waals surface area contributed by atoms with Crippen LogP contribution in [0.25, 0.3) is 16.9 Å². The molecule has 1 aliphatic heterocycles. The van der Waals surface area contributed by atoms with E-state index in [-0.39, 0.29) is 16.5 Å². The molecule has 0 unspecified atom stereocenters. The molecule has 2 aromatic carbocycles. The molecule has 3 rings (SSSR count). The zero-order chi connectivity index (χ0) is 38.2. The number of benzene rings is 2. The first-order chi connectivity index (χ1) is 25.5. The first-order valence-corrected chi connectivity index (χ1v) is 22.2. The molecule has 0 radical (unpaired) electrons. The first-order valence-electron chi connectivity index (χ1n) is 22.2. The van der Waals surface area contributed by atoms with Gasteiger partial charge < -0.3 is 19.4 Å². The summed E-state index contributed by atoms with van der Waals surface area (Å²) in [5, 5.41) is 0. The van der Waals surface area contributed by atoms with Gasteiger partial charge in [0.1, 0.15) is 0 Å². The molecule has 0 aliphatic carbocycles. The average molecular weight is 770 g/mol. The van der Waals surface area contributed by atoms with Crippen molar-refractivity contribution in [2.75, 3.05) is 0 Å². The molecule has 1 aliphatic rings. The number of unbranched alkanes of at least 4 members (excludes halogenated alkanes) is 18. The van der Waals surface area contributed by atoms with E-state index in [4.69, 9.17) is 0 Å². The molecule has 2 aromatic rings. The largest absolute Gasteiger partial charge is 2.00 e. The van der Waals surface area contributed by atoms with E-state index in [0.717, 1.165) is 61.0 Å². The van der Waals surface area contributed by atoms with Crippen LogP contribution in [0.4, 0.5) is 0 Å². The standard InChI is InChI=1S/C36H52N2.2C7H15.Ni/c1-5-9-11-13-15-17-25-33-34(26-18-16-14-12-10-6-2)36(32-24-20-22-30(8-4)28-32)38(37)35(33)31-23-19-21-29(7-3)27-31;2*1-3-5-7-6-4-2;/h19-24,27-28H,5-18,25-26H2,1-4H3;2*1,3-7H2,2H3;/q;2*-1;+2. The first kappa shape index (κ1) is 51.0. The molecule has 0 N–H and O–H groups in total. The van der Waals surface area contributed by atoms with Crippen LogP contribution in [-0.4, -0.2) is 4.70 Å². The number of aryl methyl sites for hydroxylation is 2. The minimum atomic E-state index is 0. The SMILES string of the molecule is CCCCCCCCC1=C(c2cccc(CC)c2)[N+](=[N-])C(c2cccc(CC)c2)=C1CCCCCCCC.[CH2-]CCCCCC.[CH2-]CCCCCC.[Ni+2]. The van der Waals surface area contributed by atoms with Crippen LogP contribution in [-0.2, 0) is 29.3 Å². The molecule has 302 valence electrons. The summed E-state index contributed by atoms with van der Waals surface area (Å²) in [6.07, 6.45) is 32.6. The van der Waals surface area contributed by atoms with Gasteiger partial charge in [-0.25, -0.2) is 4.70 Å². The summed E-state index contributed by atoms with van der Waals surface area (Å²) < 4.78 is 1.56. The van der Waals surface area contributed by atoms with E-state index in [0.29, 0.717) is 0 Å². The molecule has 0 saturated carbocycles. The minimum absolute atomic E-state index is 0. The Hall–Kier alpha value is -1.99. The number of hydrogen-bond donors (Lipinski definition) is 0. The van der Waals surface area contributed by atoms with Crippen LogP contribution in [0.1, 0.15) is 218 Å². The monoisotopic (exact) mass is 769 g/mol. The van der Waals surface area contributed by atoms with Crippen LogP contribution < -0.4 is 0 Å². The second-order valence-corrected chi connectivity index (χ2v) is 14.9. The second-order valence-electron chi connectivity index (χ2n) is 14.9. The van der Waals surface area contributed by atoms with Gasteiger partial charge in [-0.05, 0) is 73.9 Å². The zero-order valence-corrected chi connectivity index (χ0v) is 36.6. The Labute approximate surface area is 340 Å². The van der Waals surface area contributed by atoms with Crippen LogP contribution in [0.5, 0.6) is 0 Å². The van der Waals surface area contributed by atoms with Crippen molar-refractivity contribution in [1.29, 1.82) is 0 Å². The third-order valence-corrected chi connectivity index (χ3v) is 10.3. The molecule has 0 aromatic heterocycles. The van der Waals surface area contributed by atoms with Gasteiger partial charge in [0.25, 0.3) is 0 Å². The molecule has 0 fully saturated rings. The van der Waals surface area contributed by atoms with Gasteiger partial charge in [0, 0.05) is 22.3 Å². The second kappa shape index (κ2) is 34.5. The quantitative estimate of drug-likeness (QED) is 0.0394. The van der Waals surface area contributed by atoms with Crippen molar-refractivity contribution >= 4 is 11.4 Å². The van der Waals surface area contributed by atoms with E-state index in [1.54, 1.807) is 4.70 Å². The Bertz CT molecular complexity index is 1150. The number of allylic oxidation sites excluding steroid dienone is 2. The molecule has 0 atom stereocenters. The fraction of sp³-hybridized carbons (Fsp3) is 0.640. The van der Waals surface area contributed by atoms with E-state index >= 15 is 0 Å². The summed E-state index contributed by atoms with van der Waals surface area (Å²) in [7, 11) is 0. The Kier molecular flexibility index (Phi) is 33.2. The smallest absolute Gasteiger partial charge is 0.493 e. The van der Waals surface area contributed by atoms with E-state index in [1.807, 2.05) is 0 Å². The molecule has 0 spiro atoms. The van der Waals surface area contributed by atoms with Gasteiger partial charge in [0.05, 0.1) is 0 Å². The summed E-state index contributed by atoms with van der Waals surface area (Å²) in [6, 6.07) is 17.6. The summed E-state index contributed by atoms with van der Waals surface area (Å²) in [5.41, 5.74) is 21.6. The van der Waals surface area contributed by atoms with Crippen molar-refractivity contribution in [2.45, 2.75) is 208 Å².